The molecule has 0 saturated carbocycles. The summed E-state index contributed by atoms with van der Waals surface area (Å²) in [5.41, 5.74) is 0.897. The van der Waals surface area contributed by atoms with Gasteiger partial charge in [0.2, 0.25) is 0 Å². The van der Waals surface area contributed by atoms with E-state index in [9.17, 15) is 9.59 Å². The van der Waals surface area contributed by atoms with Gasteiger partial charge in [0.1, 0.15) is 5.56 Å². The molecule has 7 nitrogen and oxygen atoms in total. The molecule has 0 aliphatic rings. The summed E-state index contributed by atoms with van der Waals surface area (Å²) in [6.07, 6.45) is 3.54. The van der Waals surface area contributed by atoms with Crippen molar-refractivity contribution in [3.8, 4) is 0 Å². The highest BCUT2D eigenvalue weighted by atomic mass is 16.5. The quantitative estimate of drug-likeness (QED) is 0.761. The number of aromatic nitrogens is 2. The summed E-state index contributed by atoms with van der Waals surface area (Å²) in [4.78, 5) is 24.2. The lowest BCUT2D eigenvalue weighted by molar-refractivity contribution is 0.0527. The third kappa shape index (κ3) is 4.84. The minimum absolute atomic E-state index is 0.193. The maximum Gasteiger partial charge on any atom is 0.343 e. The zero-order valence-electron chi connectivity index (χ0n) is 13.9. The van der Waals surface area contributed by atoms with Crippen LogP contribution in [-0.4, -0.2) is 28.4 Å². The van der Waals surface area contributed by atoms with Gasteiger partial charge in [-0.1, -0.05) is 31.5 Å². The number of rotatable bonds is 7. The maximum atomic E-state index is 12.1. The Morgan fingerprint density at radius 2 is 1.92 bits per heavy atom. The molecular formula is C17H22N4O3. The third-order valence-electron chi connectivity index (χ3n) is 3.26. The van der Waals surface area contributed by atoms with Crippen molar-refractivity contribution in [2.75, 3.05) is 17.2 Å². The molecule has 1 heterocycles. The highest BCUT2D eigenvalue weighted by Gasteiger charge is 2.19. The smallest absolute Gasteiger partial charge is 0.343 e. The van der Waals surface area contributed by atoms with Crippen LogP contribution in [-0.2, 0) is 11.3 Å². The molecular weight excluding hydrogens is 308 g/mol. The molecule has 7 heteroatoms. The number of nitrogens with one attached hydrogen (secondary N) is 2. The van der Waals surface area contributed by atoms with E-state index in [4.69, 9.17) is 4.74 Å². The van der Waals surface area contributed by atoms with Gasteiger partial charge in [-0.3, -0.25) is 10.00 Å². The molecule has 0 aliphatic carbocycles. The average Bonchev–Trinajstić information content (AvgIpc) is 2.96. The number of urea groups is 1. The maximum absolute atomic E-state index is 12.1. The Bertz CT molecular complexity index is 682. The van der Waals surface area contributed by atoms with Gasteiger partial charge >= 0.3 is 12.0 Å². The van der Waals surface area contributed by atoms with Gasteiger partial charge in [0.15, 0.2) is 5.82 Å². The van der Waals surface area contributed by atoms with Crippen molar-refractivity contribution in [3.05, 3.63) is 42.1 Å². The molecule has 0 spiro atoms. The first-order valence-electron chi connectivity index (χ1n) is 8.01. The summed E-state index contributed by atoms with van der Waals surface area (Å²) in [5.74, 6) is -0.312. The lowest BCUT2D eigenvalue weighted by Crippen LogP contribution is -2.21. The minimum atomic E-state index is -0.504. The summed E-state index contributed by atoms with van der Waals surface area (Å²) < 4.78 is 6.67. The first-order chi connectivity index (χ1) is 11.6. The number of esters is 1. The summed E-state index contributed by atoms with van der Waals surface area (Å²) >= 11 is 0. The van der Waals surface area contributed by atoms with Crippen molar-refractivity contribution in [1.29, 1.82) is 0 Å². The fourth-order valence-corrected chi connectivity index (χ4v) is 2.10. The van der Waals surface area contributed by atoms with Crippen molar-refractivity contribution in [3.63, 3.8) is 0 Å². The first-order valence-corrected chi connectivity index (χ1v) is 8.01. The summed E-state index contributed by atoms with van der Waals surface area (Å²) in [6.45, 7) is 4.73. The van der Waals surface area contributed by atoms with Crippen LogP contribution in [0.3, 0.4) is 0 Å². The van der Waals surface area contributed by atoms with Gasteiger partial charge in [0.05, 0.1) is 6.61 Å². The third-order valence-corrected chi connectivity index (χ3v) is 3.26. The second kappa shape index (κ2) is 8.71. The Labute approximate surface area is 141 Å². The van der Waals surface area contributed by atoms with E-state index in [0.717, 1.165) is 12.8 Å². The van der Waals surface area contributed by atoms with E-state index in [-0.39, 0.29) is 18.0 Å². The van der Waals surface area contributed by atoms with Gasteiger partial charge in [-0.2, -0.15) is 5.10 Å². The second-order valence-electron chi connectivity index (χ2n) is 5.17. The molecule has 0 saturated heterocycles. The molecule has 0 bridgehead atoms. The topological polar surface area (TPSA) is 85.2 Å². The zero-order valence-corrected chi connectivity index (χ0v) is 13.9. The number of anilines is 2. The molecule has 1 aromatic heterocycles. The number of hydrogen-bond donors (Lipinski definition) is 2. The Hall–Kier alpha value is -2.83. The Morgan fingerprint density at radius 3 is 2.58 bits per heavy atom. The zero-order chi connectivity index (χ0) is 17.4. The number of unbranched alkanes of at least 4 members (excludes halogenated alkanes) is 1. The van der Waals surface area contributed by atoms with Gasteiger partial charge in [-0.15, -0.1) is 0 Å². The van der Waals surface area contributed by atoms with Gasteiger partial charge in [-0.25, -0.2) is 9.59 Å². The summed E-state index contributed by atoms with van der Waals surface area (Å²) in [7, 11) is 0. The van der Waals surface area contributed by atoms with Gasteiger partial charge in [0.25, 0.3) is 0 Å². The molecule has 0 aliphatic heterocycles. The van der Waals surface area contributed by atoms with E-state index in [1.165, 1.54) is 0 Å². The molecule has 0 radical (unpaired) electrons. The largest absolute Gasteiger partial charge is 0.462 e. The van der Waals surface area contributed by atoms with Crippen LogP contribution in [0.2, 0.25) is 0 Å². The van der Waals surface area contributed by atoms with Crippen LogP contribution in [0, 0.1) is 0 Å². The van der Waals surface area contributed by atoms with Crippen LogP contribution in [0.5, 0.6) is 0 Å². The van der Waals surface area contributed by atoms with E-state index >= 15 is 0 Å². The number of hydrogen-bond acceptors (Lipinski definition) is 4. The lowest BCUT2D eigenvalue weighted by Gasteiger charge is -2.07. The number of ether oxygens (including phenoxy) is 1. The Kier molecular flexibility index (Phi) is 6.36. The van der Waals surface area contributed by atoms with Gasteiger partial charge in [0, 0.05) is 18.4 Å². The predicted molar refractivity (Wildman–Crippen MR) is 92.2 cm³/mol. The Morgan fingerprint density at radius 1 is 1.17 bits per heavy atom. The van der Waals surface area contributed by atoms with Crippen LogP contribution in [0.1, 0.15) is 37.0 Å². The average molecular weight is 330 g/mol. The van der Waals surface area contributed by atoms with Gasteiger partial charge in [-0.05, 0) is 25.5 Å². The Balaban J connectivity index is 2.12. The van der Waals surface area contributed by atoms with Crippen LogP contribution < -0.4 is 10.6 Å². The van der Waals surface area contributed by atoms with Crippen molar-refractivity contribution < 1.29 is 14.3 Å². The molecule has 2 rings (SSSR count). The van der Waals surface area contributed by atoms with E-state index in [0.29, 0.717) is 12.2 Å². The van der Waals surface area contributed by atoms with E-state index < -0.39 is 12.0 Å². The fourth-order valence-electron chi connectivity index (χ4n) is 2.10. The predicted octanol–water partition coefficient (Wildman–Crippen LogP) is 3.50. The highest BCUT2D eigenvalue weighted by Crippen LogP contribution is 2.16. The van der Waals surface area contributed by atoms with Crippen molar-refractivity contribution in [1.82, 2.24) is 9.78 Å². The molecule has 0 unspecified atom stereocenters. The van der Waals surface area contributed by atoms with Crippen molar-refractivity contribution in [2.24, 2.45) is 0 Å². The van der Waals surface area contributed by atoms with Crippen LogP contribution in [0.15, 0.2) is 36.5 Å². The van der Waals surface area contributed by atoms with Crippen LogP contribution in [0.25, 0.3) is 0 Å². The van der Waals surface area contributed by atoms with E-state index in [1.807, 2.05) is 18.2 Å². The van der Waals surface area contributed by atoms with Crippen molar-refractivity contribution in [2.45, 2.75) is 33.2 Å². The molecule has 1 aromatic carbocycles. The molecule has 2 aromatic rings. The minimum Gasteiger partial charge on any atom is -0.462 e. The number of para-hydroxylation sites is 1. The molecule has 2 N–H and O–H groups in total. The molecule has 128 valence electrons. The van der Waals surface area contributed by atoms with Crippen molar-refractivity contribution >= 4 is 23.5 Å². The second-order valence-corrected chi connectivity index (χ2v) is 5.17. The molecule has 0 atom stereocenters. The molecule has 0 fully saturated rings. The number of carbonyl (C=O) groups is 2. The number of aryl methyl sites for hydroxylation is 1. The monoisotopic (exact) mass is 330 g/mol. The lowest BCUT2D eigenvalue weighted by atomic mass is 10.3. The van der Waals surface area contributed by atoms with Crippen LogP contribution in [0.4, 0.5) is 16.3 Å². The molecule has 2 amide bonds. The normalized spacial score (nSPS) is 10.2. The molecule has 24 heavy (non-hydrogen) atoms. The van der Waals surface area contributed by atoms with Crippen LogP contribution >= 0.6 is 0 Å². The number of benzene rings is 1. The highest BCUT2D eigenvalue weighted by molar-refractivity contribution is 6.04. The van der Waals surface area contributed by atoms with E-state index in [2.05, 4.69) is 22.7 Å². The number of nitrogens with zero attached hydrogens (tertiary/aromatic N) is 2. The standard InChI is InChI=1S/C17H22N4O3/c1-3-5-11-21-12-14(16(22)24-4-2)15(20-21)19-17(23)18-13-9-7-6-8-10-13/h6-10,12H,3-5,11H2,1-2H3,(H2,18,19,20,23). The summed E-state index contributed by atoms with van der Waals surface area (Å²) in [6, 6.07) is 8.57. The summed E-state index contributed by atoms with van der Waals surface area (Å²) in [5, 5.41) is 9.58. The SMILES string of the molecule is CCCCn1cc(C(=O)OCC)c(NC(=O)Nc2ccccc2)n1. The number of amides is 2. The van der Waals surface area contributed by atoms with E-state index in [1.54, 1.807) is 29.9 Å². The number of carbonyl (C=O) groups excluding carboxylic acids is 2. The first kappa shape index (κ1) is 17.5. The van der Waals surface area contributed by atoms with Gasteiger partial charge < -0.3 is 10.1 Å². The fraction of sp³-hybridized carbons (Fsp3) is 0.353.